The summed E-state index contributed by atoms with van der Waals surface area (Å²) in [7, 11) is 0. The molecule has 0 spiro atoms. The van der Waals surface area contributed by atoms with Crippen LogP contribution in [0.3, 0.4) is 0 Å². The second-order valence-electron chi connectivity index (χ2n) is 11.4. The van der Waals surface area contributed by atoms with Crippen molar-refractivity contribution in [3.05, 3.63) is 115 Å². The van der Waals surface area contributed by atoms with Crippen LogP contribution in [0.1, 0.15) is 73.1 Å². The van der Waals surface area contributed by atoms with Crippen molar-refractivity contribution in [3.8, 4) is 0 Å². The van der Waals surface area contributed by atoms with Crippen molar-refractivity contribution in [2.45, 2.75) is 56.0 Å². The molecule has 2 aromatic heterocycles. The SMILES string of the molecule is C[C@]1(c2cc(F)c(F)cc2F)C[C@@H](c2cc(=O)[nH]o2)CCN1C(=O)O.O=c1cc([C@H]2CCN[C@@H](c3cc(F)c(F)cc3F)C2)o[nH]1. The van der Waals surface area contributed by atoms with Crippen LogP contribution in [0.5, 0.6) is 0 Å². The van der Waals surface area contributed by atoms with E-state index < -0.39 is 58.1 Å². The summed E-state index contributed by atoms with van der Waals surface area (Å²) in [6, 6.07) is 4.63. The van der Waals surface area contributed by atoms with Crippen molar-refractivity contribution >= 4 is 6.09 Å². The lowest BCUT2D eigenvalue weighted by Gasteiger charge is -2.46. The van der Waals surface area contributed by atoms with Gasteiger partial charge in [0.25, 0.3) is 11.1 Å². The Kier molecular flexibility index (Phi) is 9.19. The van der Waals surface area contributed by atoms with Crippen LogP contribution in [0, 0.1) is 34.9 Å². The summed E-state index contributed by atoms with van der Waals surface area (Å²) in [5.74, 6) is -6.39. The Hall–Kier alpha value is -4.73. The van der Waals surface area contributed by atoms with Crippen LogP contribution in [0.25, 0.3) is 0 Å². The predicted octanol–water partition coefficient (Wildman–Crippen LogP) is 5.75. The minimum Gasteiger partial charge on any atom is -0.465 e. The molecule has 1 amide bonds. The molecule has 0 aliphatic carbocycles. The molecule has 2 aromatic carbocycles. The molecule has 4 aromatic rings. The van der Waals surface area contributed by atoms with Crippen molar-refractivity contribution in [3.63, 3.8) is 0 Å². The third-order valence-corrected chi connectivity index (χ3v) is 8.47. The number of rotatable bonds is 4. The van der Waals surface area contributed by atoms with E-state index in [2.05, 4.69) is 15.6 Å². The Labute approximate surface area is 255 Å². The van der Waals surface area contributed by atoms with Gasteiger partial charge in [0, 0.05) is 59.8 Å². The molecule has 2 aliphatic heterocycles. The number of H-pyrrole nitrogens is 2. The quantitative estimate of drug-likeness (QED) is 0.162. The topological polar surface area (TPSA) is 145 Å². The number of nitrogens with zero attached hydrogens (tertiary/aromatic N) is 1. The molecular formula is C30H28F6N4O6. The van der Waals surface area contributed by atoms with E-state index in [0.29, 0.717) is 55.5 Å². The first kappa shape index (κ1) is 32.7. The first-order valence-corrected chi connectivity index (χ1v) is 14.2. The van der Waals surface area contributed by atoms with Crippen molar-refractivity contribution < 1.29 is 45.3 Å². The van der Waals surface area contributed by atoms with E-state index in [1.165, 1.54) is 19.1 Å². The Morgan fingerprint density at radius 1 is 0.804 bits per heavy atom. The molecule has 4 N–H and O–H groups in total. The van der Waals surface area contributed by atoms with Crippen molar-refractivity contribution in [2.24, 2.45) is 0 Å². The van der Waals surface area contributed by atoms with Gasteiger partial charge in [0.15, 0.2) is 23.3 Å². The maximum absolute atomic E-state index is 14.3. The Bertz CT molecular complexity index is 1850. The van der Waals surface area contributed by atoms with Gasteiger partial charge in [-0.1, -0.05) is 0 Å². The van der Waals surface area contributed by atoms with Gasteiger partial charge in [-0.05, 0) is 51.3 Å². The van der Waals surface area contributed by atoms with E-state index >= 15 is 0 Å². The van der Waals surface area contributed by atoms with Gasteiger partial charge < -0.3 is 19.5 Å². The molecule has 4 atom stereocenters. The van der Waals surface area contributed by atoms with Crippen LogP contribution >= 0.6 is 0 Å². The number of amides is 1. The standard InChI is InChI=1S/C16H15F3N2O4.C14H13F3N2O2/c1-16(9-4-11(18)12(19)5-10(9)17)7-8(2-3-21(16)15(23)24)13-6-14(22)20-25-13;15-9-5-11(17)10(16)4-8(9)12-3-7(1-2-18-12)13-6-14(20)19-21-13/h4-6,8H,2-3,7H2,1H3,(H,20,22)(H,23,24);4-7,12,18H,1-3H2,(H,19,20)/t8-,16+;7-,12+/m00/s1. The van der Waals surface area contributed by atoms with Gasteiger partial charge in [-0.15, -0.1) is 0 Å². The zero-order chi connectivity index (χ0) is 33.3. The van der Waals surface area contributed by atoms with E-state index in [1.54, 1.807) is 0 Å². The van der Waals surface area contributed by atoms with E-state index in [0.717, 1.165) is 11.0 Å². The van der Waals surface area contributed by atoms with Crippen molar-refractivity contribution in [2.75, 3.05) is 13.1 Å². The molecule has 2 saturated heterocycles. The summed E-state index contributed by atoms with van der Waals surface area (Å²) in [6.45, 7) is 2.01. The first-order chi connectivity index (χ1) is 21.8. The highest BCUT2D eigenvalue weighted by Gasteiger charge is 2.46. The van der Waals surface area contributed by atoms with Gasteiger partial charge in [-0.3, -0.25) is 14.5 Å². The molecule has 0 unspecified atom stereocenters. The van der Waals surface area contributed by atoms with Gasteiger partial charge in [0.1, 0.15) is 23.2 Å². The second-order valence-corrected chi connectivity index (χ2v) is 11.4. The lowest BCUT2D eigenvalue weighted by Crippen LogP contribution is -2.52. The fourth-order valence-corrected chi connectivity index (χ4v) is 6.18. The van der Waals surface area contributed by atoms with Gasteiger partial charge in [0.05, 0.1) is 5.54 Å². The molecule has 4 heterocycles. The predicted molar refractivity (Wildman–Crippen MR) is 148 cm³/mol. The van der Waals surface area contributed by atoms with E-state index in [-0.39, 0.29) is 41.5 Å². The summed E-state index contributed by atoms with van der Waals surface area (Å²) in [5, 5.41) is 16.9. The minimum absolute atomic E-state index is 0.0177. The lowest BCUT2D eigenvalue weighted by molar-refractivity contribution is 0.0417. The van der Waals surface area contributed by atoms with Crippen LogP contribution in [-0.2, 0) is 5.54 Å². The van der Waals surface area contributed by atoms with Crippen LogP contribution < -0.4 is 16.4 Å². The normalized spacial score (nSPS) is 23.1. The monoisotopic (exact) mass is 654 g/mol. The number of aromatic amines is 2. The number of likely N-dealkylation sites (tertiary alicyclic amines) is 1. The first-order valence-electron chi connectivity index (χ1n) is 14.2. The van der Waals surface area contributed by atoms with Gasteiger partial charge >= 0.3 is 6.09 Å². The molecule has 0 saturated carbocycles. The molecule has 0 radical (unpaired) electrons. The average molecular weight is 655 g/mol. The molecule has 16 heteroatoms. The molecule has 0 bridgehead atoms. The summed E-state index contributed by atoms with van der Waals surface area (Å²) < 4.78 is 91.5. The molecular weight excluding hydrogens is 626 g/mol. The van der Waals surface area contributed by atoms with Gasteiger partial charge in [0.2, 0.25) is 0 Å². The summed E-state index contributed by atoms with van der Waals surface area (Å²) >= 11 is 0. The zero-order valence-corrected chi connectivity index (χ0v) is 24.1. The average Bonchev–Trinajstić information content (AvgIpc) is 3.65. The molecule has 2 aliphatic rings. The summed E-state index contributed by atoms with van der Waals surface area (Å²) in [4.78, 5) is 35.0. The number of carboxylic acid groups (broad SMARTS) is 1. The van der Waals surface area contributed by atoms with E-state index in [4.69, 9.17) is 9.05 Å². The second kappa shape index (κ2) is 12.9. The molecule has 2 fully saturated rings. The molecule has 246 valence electrons. The smallest absolute Gasteiger partial charge is 0.408 e. The fourth-order valence-electron chi connectivity index (χ4n) is 6.18. The van der Waals surface area contributed by atoms with Crippen molar-refractivity contribution in [1.82, 2.24) is 20.5 Å². The van der Waals surface area contributed by atoms with Crippen LogP contribution in [0.15, 0.2) is 55.0 Å². The Balaban J connectivity index is 0.000000184. The van der Waals surface area contributed by atoms with Crippen LogP contribution in [-0.4, -0.2) is 39.5 Å². The van der Waals surface area contributed by atoms with Gasteiger partial charge in [-0.25, -0.2) is 31.1 Å². The maximum Gasteiger partial charge on any atom is 0.408 e. The summed E-state index contributed by atoms with van der Waals surface area (Å²) in [6.07, 6.45) is 0.224. The number of hydrogen-bond donors (Lipinski definition) is 4. The number of aromatic nitrogens is 2. The minimum atomic E-state index is -1.46. The highest BCUT2D eigenvalue weighted by atomic mass is 19.2. The largest absolute Gasteiger partial charge is 0.465 e. The number of benzene rings is 2. The molecule has 46 heavy (non-hydrogen) atoms. The number of halogens is 6. The van der Waals surface area contributed by atoms with Crippen LogP contribution in [0.4, 0.5) is 31.1 Å². The fraction of sp³-hybridized carbons (Fsp3) is 0.367. The number of carbonyl (C=O) groups is 1. The van der Waals surface area contributed by atoms with Crippen LogP contribution in [0.2, 0.25) is 0 Å². The third kappa shape index (κ3) is 6.61. The molecule has 10 nitrogen and oxygen atoms in total. The maximum atomic E-state index is 14.3. The third-order valence-electron chi connectivity index (χ3n) is 8.47. The highest BCUT2D eigenvalue weighted by molar-refractivity contribution is 5.67. The lowest BCUT2D eigenvalue weighted by atomic mass is 9.76. The number of nitrogens with one attached hydrogen (secondary N) is 3. The Morgan fingerprint density at radius 2 is 1.37 bits per heavy atom. The van der Waals surface area contributed by atoms with E-state index in [9.17, 15) is 45.8 Å². The summed E-state index contributed by atoms with van der Waals surface area (Å²) in [5.41, 5.74) is -2.42. The van der Waals surface area contributed by atoms with Gasteiger partial charge in [-0.2, -0.15) is 10.3 Å². The highest BCUT2D eigenvalue weighted by Crippen LogP contribution is 2.45. The van der Waals surface area contributed by atoms with Crippen molar-refractivity contribution in [1.29, 1.82) is 0 Å². The number of hydrogen-bond acceptors (Lipinski definition) is 6. The van der Waals surface area contributed by atoms with E-state index in [1.807, 2.05) is 0 Å². The zero-order valence-electron chi connectivity index (χ0n) is 24.1. The number of piperidine rings is 2. The molecule has 6 rings (SSSR count). The Morgan fingerprint density at radius 3 is 1.96 bits per heavy atom.